The molecule has 0 aromatic heterocycles. The van der Waals surface area contributed by atoms with Crippen molar-refractivity contribution in [3.05, 3.63) is 63.9 Å². The Kier molecular flexibility index (Phi) is 3.90. The summed E-state index contributed by atoms with van der Waals surface area (Å²) < 4.78 is 40.2. The van der Waals surface area contributed by atoms with Crippen LogP contribution in [0.4, 0.5) is 18.9 Å². The van der Waals surface area contributed by atoms with Crippen molar-refractivity contribution in [3.63, 3.8) is 0 Å². The van der Waals surface area contributed by atoms with E-state index in [-0.39, 0.29) is 10.2 Å². The van der Waals surface area contributed by atoms with Crippen molar-refractivity contribution < 1.29 is 18.0 Å². The van der Waals surface area contributed by atoms with E-state index in [1.807, 2.05) is 0 Å². The lowest BCUT2D eigenvalue weighted by Crippen LogP contribution is -2.16. The van der Waals surface area contributed by atoms with Gasteiger partial charge in [0.25, 0.3) is 5.91 Å². The number of rotatable bonds is 2. The summed E-state index contributed by atoms with van der Waals surface area (Å²) in [7, 11) is 0. The molecule has 0 unspecified atom stereocenters. The summed E-state index contributed by atoms with van der Waals surface area (Å²) in [6.07, 6.45) is 0. The fourth-order valence-electron chi connectivity index (χ4n) is 1.52. The van der Waals surface area contributed by atoms with Crippen LogP contribution in [-0.4, -0.2) is 5.91 Å². The van der Waals surface area contributed by atoms with Gasteiger partial charge in [0.1, 0.15) is 23.0 Å². The van der Waals surface area contributed by atoms with E-state index in [4.69, 9.17) is 0 Å². The Morgan fingerprint density at radius 1 is 1.05 bits per heavy atom. The predicted molar refractivity (Wildman–Crippen MR) is 68.4 cm³/mol. The second-order valence-electron chi connectivity index (χ2n) is 3.71. The highest BCUT2D eigenvalue weighted by Crippen LogP contribution is 2.20. The molecule has 2 aromatic rings. The first-order valence-corrected chi connectivity index (χ1v) is 5.98. The molecule has 1 N–H and O–H groups in total. The highest BCUT2D eigenvalue weighted by atomic mass is 79.9. The van der Waals surface area contributed by atoms with Crippen LogP contribution in [0, 0.1) is 17.5 Å². The summed E-state index contributed by atoms with van der Waals surface area (Å²) in [6, 6.07) is 6.98. The zero-order chi connectivity index (χ0) is 14.0. The third kappa shape index (κ3) is 3.14. The van der Waals surface area contributed by atoms with Crippen molar-refractivity contribution in [3.8, 4) is 0 Å². The SMILES string of the molecule is O=C(Nc1cccc(F)c1)c1c(F)cc(Br)cc1F. The fourth-order valence-corrected chi connectivity index (χ4v) is 1.92. The van der Waals surface area contributed by atoms with Gasteiger partial charge in [-0.25, -0.2) is 13.2 Å². The van der Waals surface area contributed by atoms with Crippen LogP contribution in [0.2, 0.25) is 0 Å². The Bertz CT molecular complexity index is 623. The molecule has 2 aromatic carbocycles. The summed E-state index contributed by atoms with van der Waals surface area (Å²) in [5.41, 5.74) is -0.598. The summed E-state index contributed by atoms with van der Waals surface area (Å²) in [5, 5.41) is 2.23. The van der Waals surface area contributed by atoms with Gasteiger partial charge in [-0.15, -0.1) is 0 Å². The lowest BCUT2D eigenvalue weighted by Gasteiger charge is -2.07. The number of carbonyl (C=O) groups excluding carboxylic acids is 1. The maximum atomic E-state index is 13.5. The van der Waals surface area contributed by atoms with Gasteiger partial charge in [0.15, 0.2) is 0 Å². The highest BCUT2D eigenvalue weighted by Gasteiger charge is 2.18. The summed E-state index contributed by atoms with van der Waals surface area (Å²) in [5.74, 6) is -3.54. The van der Waals surface area contributed by atoms with Gasteiger partial charge >= 0.3 is 0 Å². The van der Waals surface area contributed by atoms with Gasteiger partial charge in [-0.1, -0.05) is 22.0 Å². The van der Waals surface area contributed by atoms with Crippen molar-refractivity contribution in [2.45, 2.75) is 0 Å². The van der Waals surface area contributed by atoms with E-state index in [1.54, 1.807) is 0 Å². The number of carbonyl (C=O) groups is 1. The number of amides is 1. The summed E-state index contributed by atoms with van der Waals surface area (Å²) in [6.45, 7) is 0. The highest BCUT2D eigenvalue weighted by molar-refractivity contribution is 9.10. The molecule has 2 rings (SSSR count). The molecule has 0 atom stereocenters. The molecule has 0 bridgehead atoms. The molecule has 0 radical (unpaired) electrons. The van der Waals surface area contributed by atoms with Gasteiger partial charge in [0, 0.05) is 10.2 Å². The minimum Gasteiger partial charge on any atom is -0.322 e. The Hall–Kier alpha value is -1.82. The molecule has 0 fully saturated rings. The molecular formula is C13H7BrF3NO. The zero-order valence-electron chi connectivity index (χ0n) is 9.38. The Balaban J connectivity index is 2.31. The second-order valence-corrected chi connectivity index (χ2v) is 4.62. The van der Waals surface area contributed by atoms with Gasteiger partial charge in [-0.3, -0.25) is 4.79 Å². The fraction of sp³-hybridized carbons (Fsp3) is 0. The molecule has 0 saturated heterocycles. The molecule has 98 valence electrons. The normalized spacial score (nSPS) is 10.3. The second kappa shape index (κ2) is 5.44. The molecule has 0 aliphatic heterocycles. The number of hydrogen-bond acceptors (Lipinski definition) is 1. The molecule has 0 aliphatic carbocycles. The first-order valence-electron chi connectivity index (χ1n) is 5.19. The third-order valence-electron chi connectivity index (χ3n) is 2.32. The summed E-state index contributed by atoms with van der Waals surface area (Å²) in [4.78, 5) is 11.7. The standard InChI is InChI=1S/C13H7BrF3NO/c14-7-4-10(16)12(11(17)5-7)13(19)18-9-3-1-2-8(15)6-9/h1-6H,(H,18,19). The molecule has 19 heavy (non-hydrogen) atoms. The van der Waals surface area contributed by atoms with E-state index < -0.39 is 28.9 Å². The van der Waals surface area contributed by atoms with Crippen LogP contribution in [0.1, 0.15) is 10.4 Å². The van der Waals surface area contributed by atoms with Crippen molar-refractivity contribution >= 4 is 27.5 Å². The number of benzene rings is 2. The van der Waals surface area contributed by atoms with Crippen molar-refractivity contribution in [1.29, 1.82) is 0 Å². The van der Waals surface area contributed by atoms with E-state index in [0.717, 1.165) is 18.2 Å². The molecule has 0 aliphatic rings. The van der Waals surface area contributed by atoms with E-state index in [9.17, 15) is 18.0 Å². The summed E-state index contributed by atoms with van der Waals surface area (Å²) >= 11 is 2.91. The number of hydrogen-bond donors (Lipinski definition) is 1. The van der Waals surface area contributed by atoms with Crippen molar-refractivity contribution in [2.24, 2.45) is 0 Å². The molecular weight excluding hydrogens is 323 g/mol. The Morgan fingerprint density at radius 2 is 1.68 bits per heavy atom. The lowest BCUT2D eigenvalue weighted by molar-refractivity contribution is 0.101. The van der Waals surface area contributed by atoms with Crippen LogP contribution >= 0.6 is 15.9 Å². The van der Waals surface area contributed by atoms with Crippen LogP contribution in [0.25, 0.3) is 0 Å². The molecule has 2 nitrogen and oxygen atoms in total. The Morgan fingerprint density at radius 3 is 2.26 bits per heavy atom. The minimum absolute atomic E-state index is 0.117. The van der Waals surface area contributed by atoms with Gasteiger partial charge in [-0.05, 0) is 30.3 Å². The number of halogens is 4. The van der Waals surface area contributed by atoms with Crippen LogP contribution in [0.5, 0.6) is 0 Å². The number of anilines is 1. The van der Waals surface area contributed by atoms with E-state index in [0.29, 0.717) is 0 Å². The van der Waals surface area contributed by atoms with Gasteiger partial charge < -0.3 is 5.32 Å². The van der Waals surface area contributed by atoms with Gasteiger partial charge in [0.05, 0.1) is 0 Å². The van der Waals surface area contributed by atoms with Crippen LogP contribution in [0.3, 0.4) is 0 Å². The average Bonchev–Trinajstić information content (AvgIpc) is 2.27. The van der Waals surface area contributed by atoms with Gasteiger partial charge in [0.2, 0.25) is 0 Å². The number of nitrogens with one attached hydrogen (secondary N) is 1. The van der Waals surface area contributed by atoms with Crippen LogP contribution in [0.15, 0.2) is 40.9 Å². The molecule has 0 saturated carbocycles. The van der Waals surface area contributed by atoms with Gasteiger partial charge in [-0.2, -0.15) is 0 Å². The molecule has 0 spiro atoms. The van der Waals surface area contributed by atoms with E-state index >= 15 is 0 Å². The van der Waals surface area contributed by atoms with Crippen LogP contribution < -0.4 is 5.32 Å². The quantitative estimate of drug-likeness (QED) is 0.882. The topological polar surface area (TPSA) is 29.1 Å². The first-order chi connectivity index (χ1) is 8.97. The lowest BCUT2D eigenvalue weighted by atomic mass is 10.1. The minimum atomic E-state index is -0.999. The monoisotopic (exact) mass is 329 g/mol. The zero-order valence-corrected chi connectivity index (χ0v) is 11.0. The molecule has 6 heteroatoms. The smallest absolute Gasteiger partial charge is 0.261 e. The third-order valence-corrected chi connectivity index (χ3v) is 2.77. The average molecular weight is 330 g/mol. The van der Waals surface area contributed by atoms with E-state index in [1.165, 1.54) is 18.2 Å². The first kappa shape index (κ1) is 13.6. The van der Waals surface area contributed by atoms with Crippen LogP contribution in [-0.2, 0) is 0 Å². The maximum Gasteiger partial charge on any atom is 0.261 e. The Labute approximate surface area is 115 Å². The maximum absolute atomic E-state index is 13.5. The van der Waals surface area contributed by atoms with Crippen molar-refractivity contribution in [2.75, 3.05) is 5.32 Å². The van der Waals surface area contributed by atoms with E-state index in [2.05, 4.69) is 21.2 Å². The largest absolute Gasteiger partial charge is 0.322 e. The predicted octanol–water partition coefficient (Wildman–Crippen LogP) is 4.12. The molecule has 0 heterocycles. The van der Waals surface area contributed by atoms with Crippen molar-refractivity contribution in [1.82, 2.24) is 0 Å². The molecule has 1 amide bonds.